The van der Waals surface area contributed by atoms with E-state index in [0.717, 1.165) is 4.90 Å². The van der Waals surface area contributed by atoms with E-state index in [1.54, 1.807) is 36.4 Å². The Morgan fingerprint density at radius 1 is 0.660 bits per heavy atom. The smallest absolute Gasteiger partial charge is 0.297 e. The van der Waals surface area contributed by atoms with Crippen molar-refractivity contribution in [1.82, 2.24) is 10.2 Å². The zero-order chi connectivity index (χ0) is 35.6. The zero-order valence-electron chi connectivity index (χ0n) is 27.7. The molecule has 1 fully saturated rings. The quantitative estimate of drug-likeness (QED) is 0.0838. The highest BCUT2D eigenvalue weighted by Gasteiger charge is 2.45. The number of benzene rings is 2. The fourth-order valence-corrected chi connectivity index (χ4v) is 5.89. The molecule has 0 aliphatic carbocycles. The summed E-state index contributed by atoms with van der Waals surface area (Å²) >= 11 is 0. The highest BCUT2D eigenvalue weighted by atomic mass is 32.2. The van der Waals surface area contributed by atoms with Crippen LogP contribution in [0.2, 0.25) is 0 Å². The number of rotatable bonds is 25. The van der Waals surface area contributed by atoms with E-state index < -0.39 is 39.8 Å². The van der Waals surface area contributed by atoms with E-state index in [2.05, 4.69) is 10.6 Å². The number of hydrogen-bond acceptors (Lipinski definition) is 14. The van der Waals surface area contributed by atoms with Crippen LogP contribution in [0, 0.1) is 0 Å². The molecule has 1 atom stereocenters. The van der Waals surface area contributed by atoms with Crippen molar-refractivity contribution in [3.8, 4) is 0 Å². The summed E-state index contributed by atoms with van der Waals surface area (Å²) in [5, 5.41) is 5.31. The second-order valence-corrected chi connectivity index (χ2v) is 12.5. The average Bonchev–Trinajstić information content (AvgIpc) is 3.36. The summed E-state index contributed by atoms with van der Waals surface area (Å²) < 4.78 is 61.6. The third kappa shape index (κ3) is 11.9. The molecule has 2 heterocycles. The zero-order valence-corrected chi connectivity index (χ0v) is 28.5. The molecule has 0 radical (unpaired) electrons. The monoisotopic (exact) mass is 721 g/mol. The van der Waals surface area contributed by atoms with E-state index in [4.69, 9.17) is 32.6 Å². The number of carbonyl (C=O) groups excluding carboxylic acids is 4. The number of ether oxygens (including phenoxy) is 6. The lowest BCUT2D eigenvalue weighted by atomic mass is 10.0. The second kappa shape index (κ2) is 20.8. The molecule has 16 nitrogen and oxygen atoms in total. The predicted octanol–water partition coefficient (Wildman–Crippen LogP) is 1.00. The number of carbonyl (C=O) groups is 4. The van der Waals surface area contributed by atoms with Gasteiger partial charge in [0.15, 0.2) is 0 Å². The molecule has 2 aromatic carbocycles. The van der Waals surface area contributed by atoms with Crippen molar-refractivity contribution in [2.24, 2.45) is 0 Å². The van der Waals surface area contributed by atoms with Crippen molar-refractivity contribution in [2.45, 2.75) is 23.8 Å². The number of nitrogens with one attached hydrogen (secondary N) is 2. The van der Waals surface area contributed by atoms with Gasteiger partial charge in [-0.1, -0.05) is 24.3 Å². The van der Waals surface area contributed by atoms with Crippen molar-refractivity contribution in [3.05, 3.63) is 59.7 Å². The molecular formula is C33H43N3O13S. The molecule has 17 heteroatoms. The predicted molar refractivity (Wildman–Crippen MR) is 176 cm³/mol. The summed E-state index contributed by atoms with van der Waals surface area (Å²) in [4.78, 5) is 50.9. The van der Waals surface area contributed by atoms with E-state index in [1.165, 1.54) is 12.1 Å². The van der Waals surface area contributed by atoms with E-state index in [9.17, 15) is 27.6 Å². The van der Waals surface area contributed by atoms with Crippen LogP contribution in [0.4, 0.5) is 5.69 Å². The summed E-state index contributed by atoms with van der Waals surface area (Å²) in [6.07, 6.45) is 0.155. The van der Waals surface area contributed by atoms with Gasteiger partial charge in [0.25, 0.3) is 21.9 Å². The summed E-state index contributed by atoms with van der Waals surface area (Å²) in [7, 11) is -3.78. The van der Waals surface area contributed by atoms with E-state index >= 15 is 0 Å². The van der Waals surface area contributed by atoms with Crippen LogP contribution in [0.15, 0.2) is 53.4 Å². The molecule has 2 aromatic rings. The van der Waals surface area contributed by atoms with E-state index in [0.29, 0.717) is 84.9 Å². The van der Waals surface area contributed by atoms with Gasteiger partial charge in [0.1, 0.15) is 6.04 Å². The molecule has 2 N–H and O–H groups in total. The van der Waals surface area contributed by atoms with Crippen molar-refractivity contribution >= 4 is 39.4 Å². The maximum absolute atomic E-state index is 13.1. The first-order chi connectivity index (χ1) is 24.3. The van der Waals surface area contributed by atoms with Gasteiger partial charge >= 0.3 is 0 Å². The average molecular weight is 722 g/mol. The summed E-state index contributed by atoms with van der Waals surface area (Å²) in [5.41, 5.74) is 0.876. The highest BCUT2D eigenvalue weighted by molar-refractivity contribution is 7.86. The first-order valence-electron chi connectivity index (χ1n) is 16.3. The largest absolute Gasteiger partial charge is 0.382 e. The van der Waals surface area contributed by atoms with Crippen LogP contribution in [0.1, 0.15) is 33.6 Å². The molecule has 0 aromatic heterocycles. The van der Waals surface area contributed by atoms with Crippen LogP contribution < -0.4 is 10.6 Å². The van der Waals surface area contributed by atoms with Crippen molar-refractivity contribution < 1.29 is 60.2 Å². The Morgan fingerprint density at radius 3 is 1.76 bits per heavy atom. The molecule has 0 saturated carbocycles. The number of anilines is 1. The maximum Gasteiger partial charge on any atom is 0.297 e. The number of hydrogen-bond donors (Lipinski definition) is 2. The lowest BCUT2D eigenvalue weighted by Crippen LogP contribution is -2.54. The van der Waals surface area contributed by atoms with Gasteiger partial charge in [-0.3, -0.25) is 33.6 Å². The van der Waals surface area contributed by atoms with Gasteiger partial charge in [0.05, 0.1) is 102 Å². The Kier molecular flexibility index (Phi) is 16.2. The van der Waals surface area contributed by atoms with E-state index in [-0.39, 0.29) is 42.1 Å². The molecule has 1 unspecified atom stereocenters. The molecule has 4 amide bonds. The molecule has 2 aliphatic heterocycles. The van der Waals surface area contributed by atoms with E-state index in [1.807, 2.05) is 0 Å². The number of amides is 4. The van der Waals surface area contributed by atoms with Gasteiger partial charge in [-0.05, 0) is 30.7 Å². The molecule has 274 valence electrons. The van der Waals surface area contributed by atoms with Gasteiger partial charge in [-0.25, -0.2) is 0 Å². The molecule has 4 rings (SSSR count). The van der Waals surface area contributed by atoms with Gasteiger partial charge < -0.3 is 33.7 Å². The third-order valence-corrected chi connectivity index (χ3v) is 8.71. The van der Waals surface area contributed by atoms with Crippen LogP contribution in [0.5, 0.6) is 0 Å². The van der Waals surface area contributed by atoms with Gasteiger partial charge in [0, 0.05) is 18.7 Å². The standard InChI is InChI=1S/C33H43N3O13S/c37-29-10-9-28(31(38)35-29)36-32(39)26-7-4-8-27(30(26)33(36)40)34-11-12-43-13-14-44-15-16-45-17-18-46-19-20-47-21-22-48-23-24-49-50(41,42)25-5-2-1-3-6-25/h1-8,28,34H,9-24H2,(H,35,37,38). The Labute approximate surface area is 290 Å². The first-order valence-corrected chi connectivity index (χ1v) is 17.7. The first kappa shape index (κ1) is 39.0. The summed E-state index contributed by atoms with van der Waals surface area (Å²) in [5.74, 6) is -2.20. The van der Waals surface area contributed by atoms with Crippen LogP contribution in [-0.2, 0) is 52.3 Å². The highest BCUT2D eigenvalue weighted by Crippen LogP contribution is 2.32. The second-order valence-electron chi connectivity index (χ2n) is 10.9. The number of imide groups is 2. The van der Waals surface area contributed by atoms with Crippen LogP contribution >= 0.6 is 0 Å². The number of nitrogens with zero attached hydrogens (tertiary/aromatic N) is 1. The molecule has 1 saturated heterocycles. The molecule has 0 spiro atoms. The minimum absolute atomic E-state index is 0.0589. The maximum atomic E-state index is 13.1. The Balaban J connectivity index is 0.918. The fourth-order valence-electron chi connectivity index (χ4n) is 4.98. The minimum atomic E-state index is -3.78. The molecule has 0 bridgehead atoms. The van der Waals surface area contributed by atoms with Crippen LogP contribution in [0.25, 0.3) is 0 Å². The normalized spacial score (nSPS) is 16.2. The van der Waals surface area contributed by atoms with Crippen molar-refractivity contribution in [1.29, 1.82) is 0 Å². The lowest BCUT2D eigenvalue weighted by Gasteiger charge is -2.27. The Hall–Kier alpha value is -3.81. The fraction of sp³-hybridized carbons (Fsp3) is 0.515. The minimum Gasteiger partial charge on any atom is -0.382 e. The summed E-state index contributed by atoms with van der Waals surface area (Å²) in [6.45, 7) is 4.49. The Morgan fingerprint density at radius 2 is 1.20 bits per heavy atom. The molecule has 2 aliphatic rings. The number of piperidine rings is 1. The Bertz CT molecular complexity index is 1520. The van der Waals surface area contributed by atoms with Crippen molar-refractivity contribution in [3.63, 3.8) is 0 Å². The third-order valence-electron chi connectivity index (χ3n) is 7.39. The van der Waals surface area contributed by atoms with Crippen LogP contribution in [0.3, 0.4) is 0 Å². The SMILES string of the molecule is O=C1CCC(N2C(=O)c3cccc(NCCOCCOCCOCCOCCOCCOCCOS(=O)(=O)c4ccccc4)c3C2=O)C(=O)N1. The topological polar surface area (TPSA) is 194 Å². The number of fused-ring (bicyclic) bond motifs is 1. The van der Waals surface area contributed by atoms with Gasteiger partial charge in [-0.2, -0.15) is 8.42 Å². The van der Waals surface area contributed by atoms with Gasteiger partial charge in [-0.15, -0.1) is 0 Å². The lowest BCUT2D eigenvalue weighted by molar-refractivity contribution is -0.136. The van der Waals surface area contributed by atoms with Gasteiger partial charge in [0.2, 0.25) is 11.8 Å². The van der Waals surface area contributed by atoms with Crippen molar-refractivity contribution in [2.75, 3.05) is 97.8 Å². The molecular weight excluding hydrogens is 678 g/mol. The molecule has 50 heavy (non-hydrogen) atoms. The summed E-state index contributed by atoms with van der Waals surface area (Å²) in [6, 6.07) is 11.8. The van der Waals surface area contributed by atoms with Crippen LogP contribution in [-0.4, -0.2) is 135 Å².